The van der Waals surface area contributed by atoms with E-state index in [0.29, 0.717) is 34.0 Å². The van der Waals surface area contributed by atoms with Crippen molar-refractivity contribution in [3.63, 3.8) is 0 Å². The van der Waals surface area contributed by atoms with Crippen LogP contribution in [0.1, 0.15) is 56.9 Å². The van der Waals surface area contributed by atoms with Crippen LogP contribution in [-0.2, 0) is 17.6 Å². The molecule has 6 nitrogen and oxygen atoms in total. The molecule has 0 aliphatic rings. The van der Waals surface area contributed by atoms with Crippen molar-refractivity contribution in [1.82, 2.24) is 14.8 Å². The predicted molar refractivity (Wildman–Crippen MR) is 126 cm³/mol. The summed E-state index contributed by atoms with van der Waals surface area (Å²) in [5, 5.41) is 5.63. The van der Waals surface area contributed by atoms with Crippen LogP contribution in [0.5, 0.6) is 11.5 Å². The SMILES string of the molecule is CCc1cccc(OC(C)=O)c1OCCCc1cn(-c2ncc(Cl)cc2Cl)nc1C(C)C. The molecule has 170 valence electrons. The second-order valence-corrected chi connectivity index (χ2v) is 8.59. The zero-order chi connectivity index (χ0) is 23.3. The molecule has 0 N–H and O–H groups in total. The van der Waals surface area contributed by atoms with Gasteiger partial charge in [0.25, 0.3) is 0 Å². The van der Waals surface area contributed by atoms with Gasteiger partial charge in [-0.05, 0) is 48.4 Å². The molecule has 2 heterocycles. The Morgan fingerprint density at radius 3 is 2.66 bits per heavy atom. The smallest absolute Gasteiger partial charge is 0.308 e. The molecular formula is C24H27Cl2N3O3. The fourth-order valence-electron chi connectivity index (χ4n) is 3.46. The van der Waals surface area contributed by atoms with Crippen molar-refractivity contribution >= 4 is 29.2 Å². The number of para-hydroxylation sites is 1. The Morgan fingerprint density at radius 2 is 2.00 bits per heavy atom. The van der Waals surface area contributed by atoms with E-state index in [1.807, 2.05) is 25.3 Å². The van der Waals surface area contributed by atoms with E-state index >= 15 is 0 Å². The number of carbonyl (C=O) groups excluding carboxylic acids is 1. The summed E-state index contributed by atoms with van der Waals surface area (Å²) in [6.07, 6.45) is 5.84. The highest BCUT2D eigenvalue weighted by Crippen LogP contribution is 2.32. The molecule has 0 unspecified atom stereocenters. The minimum absolute atomic E-state index is 0.245. The minimum Gasteiger partial charge on any atom is -0.489 e. The van der Waals surface area contributed by atoms with E-state index in [0.717, 1.165) is 36.1 Å². The number of aryl methyl sites for hydroxylation is 2. The molecule has 3 aromatic rings. The molecule has 0 radical (unpaired) electrons. The highest BCUT2D eigenvalue weighted by molar-refractivity contribution is 6.35. The number of carbonyl (C=O) groups is 1. The summed E-state index contributed by atoms with van der Waals surface area (Å²) in [6.45, 7) is 8.11. The van der Waals surface area contributed by atoms with Crippen LogP contribution < -0.4 is 9.47 Å². The lowest BCUT2D eigenvalue weighted by molar-refractivity contribution is -0.132. The van der Waals surface area contributed by atoms with E-state index in [9.17, 15) is 4.79 Å². The molecule has 2 aromatic heterocycles. The number of benzene rings is 1. The summed E-state index contributed by atoms with van der Waals surface area (Å²) >= 11 is 12.3. The zero-order valence-electron chi connectivity index (χ0n) is 18.7. The Kier molecular flexibility index (Phi) is 8.15. The summed E-state index contributed by atoms with van der Waals surface area (Å²) in [6, 6.07) is 7.25. The Morgan fingerprint density at radius 1 is 1.22 bits per heavy atom. The van der Waals surface area contributed by atoms with E-state index in [2.05, 4.69) is 18.8 Å². The third-order valence-electron chi connectivity index (χ3n) is 4.91. The highest BCUT2D eigenvalue weighted by atomic mass is 35.5. The molecular weight excluding hydrogens is 449 g/mol. The molecule has 0 aliphatic carbocycles. The molecule has 0 amide bonds. The third kappa shape index (κ3) is 5.81. The van der Waals surface area contributed by atoms with Crippen LogP contribution in [-0.4, -0.2) is 27.3 Å². The number of aromatic nitrogens is 3. The fraction of sp³-hybridized carbons (Fsp3) is 0.375. The van der Waals surface area contributed by atoms with Crippen LogP contribution in [0.15, 0.2) is 36.7 Å². The van der Waals surface area contributed by atoms with Crippen molar-refractivity contribution < 1.29 is 14.3 Å². The topological polar surface area (TPSA) is 66.2 Å². The maximum Gasteiger partial charge on any atom is 0.308 e. The summed E-state index contributed by atoms with van der Waals surface area (Å²) < 4.78 is 13.1. The van der Waals surface area contributed by atoms with Gasteiger partial charge in [0.15, 0.2) is 17.3 Å². The van der Waals surface area contributed by atoms with Crippen molar-refractivity contribution in [1.29, 1.82) is 0 Å². The van der Waals surface area contributed by atoms with Gasteiger partial charge in [-0.1, -0.05) is 56.1 Å². The largest absolute Gasteiger partial charge is 0.489 e. The molecule has 32 heavy (non-hydrogen) atoms. The fourth-order valence-corrected chi connectivity index (χ4v) is 3.93. The van der Waals surface area contributed by atoms with Crippen molar-refractivity contribution in [2.45, 2.75) is 52.9 Å². The lowest BCUT2D eigenvalue weighted by atomic mass is 10.0. The second-order valence-electron chi connectivity index (χ2n) is 7.74. The molecule has 0 spiro atoms. The molecule has 0 bridgehead atoms. The molecule has 0 aliphatic heterocycles. The molecule has 3 rings (SSSR count). The Bertz CT molecular complexity index is 1100. The average molecular weight is 476 g/mol. The quantitative estimate of drug-likeness (QED) is 0.209. The van der Waals surface area contributed by atoms with Crippen molar-refractivity contribution in [3.8, 4) is 17.3 Å². The van der Waals surface area contributed by atoms with E-state index in [-0.39, 0.29) is 11.9 Å². The molecule has 1 aromatic carbocycles. The summed E-state index contributed by atoms with van der Waals surface area (Å²) in [5.41, 5.74) is 3.11. The lowest BCUT2D eigenvalue weighted by Crippen LogP contribution is -2.07. The number of ether oxygens (including phenoxy) is 2. The van der Waals surface area contributed by atoms with Crippen molar-refractivity contribution in [2.75, 3.05) is 6.61 Å². The van der Waals surface area contributed by atoms with Crippen LogP contribution in [0.4, 0.5) is 0 Å². The monoisotopic (exact) mass is 475 g/mol. The number of hydrogen-bond donors (Lipinski definition) is 0. The van der Waals surface area contributed by atoms with Crippen LogP contribution in [0, 0.1) is 0 Å². The number of nitrogens with zero attached hydrogens (tertiary/aromatic N) is 3. The molecule has 0 atom stereocenters. The van der Waals surface area contributed by atoms with Crippen LogP contribution in [0.3, 0.4) is 0 Å². The van der Waals surface area contributed by atoms with Gasteiger partial charge >= 0.3 is 5.97 Å². The lowest BCUT2D eigenvalue weighted by Gasteiger charge is -2.14. The van der Waals surface area contributed by atoms with Gasteiger partial charge in [-0.25, -0.2) is 9.67 Å². The molecule has 0 saturated carbocycles. The Balaban J connectivity index is 1.73. The van der Waals surface area contributed by atoms with Gasteiger partial charge in [0.05, 0.1) is 22.3 Å². The van der Waals surface area contributed by atoms with Crippen molar-refractivity contribution in [3.05, 3.63) is 63.5 Å². The number of rotatable bonds is 9. The Labute approximate surface area is 198 Å². The number of halogens is 2. The maximum absolute atomic E-state index is 11.4. The van der Waals surface area contributed by atoms with Gasteiger partial charge in [-0.15, -0.1) is 0 Å². The summed E-state index contributed by atoms with van der Waals surface area (Å²) in [7, 11) is 0. The second kappa shape index (κ2) is 10.8. The van der Waals surface area contributed by atoms with E-state index < -0.39 is 0 Å². The maximum atomic E-state index is 11.4. The van der Waals surface area contributed by atoms with Gasteiger partial charge < -0.3 is 9.47 Å². The zero-order valence-corrected chi connectivity index (χ0v) is 20.2. The van der Waals surface area contributed by atoms with E-state index in [1.54, 1.807) is 23.0 Å². The Hall–Kier alpha value is -2.57. The minimum atomic E-state index is -0.369. The van der Waals surface area contributed by atoms with Gasteiger partial charge in [0, 0.05) is 19.3 Å². The first-order chi connectivity index (χ1) is 15.3. The number of pyridine rings is 1. The van der Waals surface area contributed by atoms with Gasteiger partial charge in [0.2, 0.25) is 0 Å². The van der Waals surface area contributed by atoms with Crippen LogP contribution in [0.25, 0.3) is 5.82 Å². The van der Waals surface area contributed by atoms with Gasteiger partial charge in [0.1, 0.15) is 0 Å². The summed E-state index contributed by atoms with van der Waals surface area (Å²) in [5.74, 6) is 1.50. The van der Waals surface area contributed by atoms with E-state index in [1.165, 1.54) is 6.92 Å². The van der Waals surface area contributed by atoms with Crippen LogP contribution in [0.2, 0.25) is 10.0 Å². The molecule has 0 saturated heterocycles. The first kappa shape index (κ1) is 24.1. The predicted octanol–water partition coefficient (Wildman–Crippen LogP) is 6.20. The highest BCUT2D eigenvalue weighted by Gasteiger charge is 2.16. The van der Waals surface area contributed by atoms with E-state index in [4.69, 9.17) is 37.8 Å². The summed E-state index contributed by atoms with van der Waals surface area (Å²) in [4.78, 5) is 15.8. The standard InChI is InChI=1S/C24H27Cl2N3O3/c1-5-17-8-6-10-21(32-16(4)30)23(17)31-11-7-9-18-14-29(28-22(18)15(2)3)24-20(26)12-19(25)13-27-24/h6,8,10,12-15H,5,7,9,11H2,1-4H3. The normalized spacial score (nSPS) is 11.1. The first-order valence-electron chi connectivity index (χ1n) is 10.6. The van der Waals surface area contributed by atoms with Gasteiger partial charge in [-0.3, -0.25) is 4.79 Å². The number of esters is 1. The molecule has 0 fully saturated rings. The average Bonchev–Trinajstić information content (AvgIpc) is 3.15. The third-order valence-corrected chi connectivity index (χ3v) is 5.39. The van der Waals surface area contributed by atoms with Crippen molar-refractivity contribution in [2.24, 2.45) is 0 Å². The van der Waals surface area contributed by atoms with Crippen LogP contribution >= 0.6 is 23.2 Å². The first-order valence-corrected chi connectivity index (χ1v) is 11.4. The van der Waals surface area contributed by atoms with Gasteiger partial charge in [-0.2, -0.15) is 5.10 Å². The number of hydrogen-bond acceptors (Lipinski definition) is 5. The molecule has 8 heteroatoms.